The van der Waals surface area contributed by atoms with Gasteiger partial charge in [-0.2, -0.15) is 0 Å². The van der Waals surface area contributed by atoms with Crippen LogP contribution in [0.2, 0.25) is 0 Å². The Morgan fingerprint density at radius 3 is 2.26 bits per heavy atom. The predicted octanol–water partition coefficient (Wildman–Crippen LogP) is 3.19. The molecule has 0 radical (unpaired) electrons. The largest absolute Gasteiger partial charge is 0.280 e. The molecule has 3 nitrogen and oxygen atoms in total. The summed E-state index contributed by atoms with van der Waals surface area (Å²) in [7, 11) is -3.89. The van der Waals surface area contributed by atoms with Crippen LogP contribution in [0, 0.1) is 5.82 Å². The zero-order valence-electron chi connectivity index (χ0n) is 10.4. The van der Waals surface area contributed by atoms with Crippen LogP contribution in [0.1, 0.15) is 12.5 Å². The molecule has 0 atom stereocenters. The van der Waals surface area contributed by atoms with Crippen molar-refractivity contribution < 1.29 is 12.8 Å². The molecule has 0 aromatic heterocycles. The summed E-state index contributed by atoms with van der Waals surface area (Å²) >= 11 is 0. The van der Waals surface area contributed by atoms with E-state index in [0.29, 0.717) is 5.69 Å². The van der Waals surface area contributed by atoms with Gasteiger partial charge < -0.3 is 0 Å². The lowest BCUT2D eigenvalue weighted by atomic mass is 10.2. The second-order valence-corrected chi connectivity index (χ2v) is 5.74. The average molecular weight is 279 g/mol. The van der Waals surface area contributed by atoms with Crippen LogP contribution < -0.4 is 4.72 Å². The molecule has 0 saturated carbocycles. The predicted molar refractivity (Wildman–Crippen MR) is 73.0 cm³/mol. The fourth-order valence-corrected chi connectivity index (χ4v) is 2.82. The first-order valence-corrected chi connectivity index (χ1v) is 7.37. The van der Waals surface area contributed by atoms with E-state index >= 15 is 0 Å². The van der Waals surface area contributed by atoms with Crippen LogP contribution in [0.5, 0.6) is 0 Å². The van der Waals surface area contributed by atoms with E-state index in [9.17, 15) is 12.8 Å². The zero-order chi connectivity index (χ0) is 13.9. The summed E-state index contributed by atoms with van der Waals surface area (Å²) in [5.41, 5.74) is 1.52. The molecule has 0 spiro atoms. The molecule has 0 unspecified atom stereocenters. The van der Waals surface area contributed by atoms with Crippen molar-refractivity contribution in [2.75, 3.05) is 4.72 Å². The molecule has 0 aliphatic rings. The van der Waals surface area contributed by atoms with Gasteiger partial charge in [-0.3, -0.25) is 4.72 Å². The fourth-order valence-electron chi connectivity index (χ4n) is 1.68. The molecule has 0 heterocycles. The SMILES string of the molecule is CCc1ccc(NS(=O)(=O)c2ccccc2F)cc1. The Morgan fingerprint density at radius 2 is 1.68 bits per heavy atom. The van der Waals surface area contributed by atoms with Gasteiger partial charge in [0, 0.05) is 5.69 Å². The Bertz CT molecular complexity index is 666. The Hall–Kier alpha value is -1.88. The third-order valence-electron chi connectivity index (χ3n) is 2.74. The van der Waals surface area contributed by atoms with Crippen molar-refractivity contribution in [3.63, 3.8) is 0 Å². The lowest BCUT2D eigenvalue weighted by Crippen LogP contribution is -2.14. The van der Waals surface area contributed by atoms with Gasteiger partial charge in [-0.15, -0.1) is 0 Å². The summed E-state index contributed by atoms with van der Waals surface area (Å²) < 4.78 is 39.9. The highest BCUT2D eigenvalue weighted by molar-refractivity contribution is 7.92. The van der Waals surface area contributed by atoms with Crippen LogP contribution in [0.15, 0.2) is 53.4 Å². The van der Waals surface area contributed by atoms with Crippen molar-refractivity contribution in [1.82, 2.24) is 0 Å². The highest BCUT2D eigenvalue weighted by atomic mass is 32.2. The molecule has 0 aliphatic carbocycles. The minimum absolute atomic E-state index is 0.352. The maximum Gasteiger partial charge on any atom is 0.264 e. The maximum absolute atomic E-state index is 13.5. The van der Waals surface area contributed by atoms with Gasteiger partial charge in [-0.1, -0.05) is 31.2 Å². The van der Waals surface area contributed by atoms with Gasteiger partial charge in [-0.05, 0) is 36.2 Å². The van der Waals surface area contributed by atoms with E-state index in [1.807, 2.05) is 19.1 Å². The molecule has 0 amide bonds. The first-order valence-electron chi connectivity index (χ1n) is 5.89. The standard InChI is InChI=1S/C14H14FNO2S/c1-2-11-7-9-12(10-8-11)16-19(17,18)14-6-4-3-5-13(14)15/h3-10,16H,2H2,1H3. The molecular weight excluding hydrogens is 265 g/mol. The second-order valence-electron chi connectivity index (χ2n) is 4.09. The van der Waals surface area contributed by atoms with Gasteiger partial charge in [0.2, 0.25) is 0 Å². The number of hydrogen-bond donors (Lipinski definition) is 1. The minimum Gasteiger partial charge on any atom is -0.280 e. The summed E-state index contributed by atoms with van der Waals surface area (Å²) in [5.74, 6) is -0.764. The fraction of sp³-hybridized carbons (Fsp3) is 0.143. The topological polar surface area (TPSA) is 46.2 Å². The molecular formula is C14H14FNO2S. The van der Waals surface area contributed by atoms with Crippen molar-refractivity contribution in [3.8, 4) is 0 Å². The molecule has 0 saturated heterocycles. The van der Waals surface area contributed by atoms with Crippen molar-refractivity contribution in [2.24, 2.45) is 0 Å². The summed E-state index contributed by atoms with van der Waals surface area (Å²) in [6, 6.07) is 12.3. The van der Waals surface area contributed by atoms with E-state index in [0.717, 1.165) is 18.1 Å². The molecule has 0 bridgehead atoms. The molecule has 1 N–H and O–H groups in total. The van der Waals surface area contributed by atoms with Gasteiger partial charge in [0.1, 0.15) is 10.7 Å². The Balaban J connectivity index is 2.28. The van der Waals surface area contributed by atoms with E-state index < -0.39 is 15.8 Å². The van der Waals surface area contributed by atoms with Gasteiger partial charge in [0.25, 0.3) is 10.0 Å². The van der Waals surface area contributed by atoms with Crippen molar-refractivity contribution in [2.45, 2.75) is 18.2 Å². The molecule has 2 aromatic carbocycles. The van der Waals surface area contributed by atoms with Crippen molar-refractivity contribution >= 4 is 15.7 Å². The van der Waals surface area contributed by atoms with Crippen LogP contribution in [0.3, 0.4) is 0 Å². The lowest BCUT2D eigenvalue weighted by Gasteiger charge is -2.09. The number of anilines is 1. The van der Waals surface area contributed by atoms with E-state index in [2.05, 4.69) is 4.72 Å². The number of aryl methyl sites for hydroxylation is 1. The maximum atomic E-state index is 13.5. The molecule has 2 rings (SSSR count). The van der Waals surface area contributed by atoms with Crippen molar-refractivity contribution in [1.29, 1.82) is 0 Å². The molecule has 0 aliphatic heterocycles. The number of benzene rings is 2. The van der Waals surface area contributed by atoms with Gasteiger partial charge in [-0.25, -0.2) is 12.8 Å². The lowest BCUT2D eigenvalue weighted by molar-refractivity contribution is 0.570. The van der Waals surface area contributed by atoms with Gasteiger partial charge >= 0.3 is 0 Å². The number of halogens is 1. The molecule has 2 aromatic rings. The monoisotopic (exact) mass is 279 g/mol. The van der Waals surface area contributed by atoms with Gasteiger partial charge in [0.15, 0.2) is 0 Å². The molecule has 5 heteroatoms. The van der Waals surface area contributed by atoms with E-state index in [-0.39, 0.29) is 4.90 Å². The Labute approximate surface area is 112 Å². The molecule has 19 heavy (non-hydrogen) atoms. The number of sulfonamides is 1. The quantitative estimate of drug-likeness (QED) is 0.934. The first kappa shape index (κ1) is 13.5. The van der Waals surface area contributed by atoms with Crippen LogP contribution in [0.4, 0.5) is 10.1 Å². The third kappa shape index (κ3) is 3.12. The highest BCUT2D eigenvalue weighted by Crippen LogP contribution is 2.19. The van der Waals surface area contributed by atoms with Crippen LogP contribution in [0.25, 0.3) is 0 Å². The minimum atomic E-state index is -3.89. The third-order valence-corrected chi connectivity index (χ3v) is 4.16. The number of hydrogen-bond acceptors (Lipinski definition) is 2. The van der Waals surface area contributed by atoms with E-state index in [1.54, 1.807) is 12.1 Å². The van der Waals surface area contributed by atoms with E-state index in [4.69, 9.17) is 0 Å². The summed E-state index contributed by atoms with van der Waals surface area (Å²) in [6.45, 7) is 2.01. The van der Waals surface area contributed by atoms with Gasteiger partial charge in [0.05, 0.1) is 0 Å². The Morgan fingerprint density at radius 1 is 1.05 bits per heavy atom. The van der Waals surface area contributed by atoms with Crippen LogP contribution in [-0.4, -0.2) is 8.42 Å². The summed E-state index contributed by atoms with van der Waals surface area (Å²) in [4.78, 5) is -0.352. The normalized spacial score (nSPS) is 11.3. The van der Waals surface area contributed by atoms with E-state index in [1.165, 1.54) is 18.2 Å². The first-order chi connectivity index (χ1) is 9.03. The second kappa shape index (κ2) is 5.40. The zero-order valence-corrected chi connectivity index (χ0v) is 11.2. The van der Waals surface area contributed by atoms with Crippen molar-refractivity contribution in [3.05, 3.63) is 59.9 Å². The molecule has 100 valence electrons. The number of nitrogens with one attached hydrogen (secondary N) is 1. The number of rotatable bonds is 4. The summed E-state index contributed by atoms with van der Waals surface area (Å²) in [5, 5.41) is 0. The smallest absolute Gasteiger partial charge is 0.264 e. The Kier molecular flexibility index (Phi) is 3.85. The highest BCUT2D eigenvalue weighted by Gasteiger charge is 2.18. The molecule has 0 fully saturated rings. The van der Waals surface area contributed by atoms with Crippen LogP contribution in [-0.2, 0) is 16.4 Å². The van der Waals surface area contributed by atoms with Crippen LogP contribution >= 0.6 is 0 Å². The summed E-state index contributed by atoms with van der Waals surface area (Å²) in [6.07, 6.45) is 0.875. The average Bonchev–Trinajstić information content (AvgIpc) is 2.39.